The maximum atomic E-state index is 13.6. The smallest absolute Gasteiger partial charge is 0.370 e. The van der Waals surface area contributed by atoms with E-state index in [1.54, 1.807) is 12.1 Å². The van der Waals surface area contributed by atoms with E-state index in [1.807, 2.05) is 6.92 Å². The van der Waals surface area contributed by atoms with Crippen molar-refractivity contribution in [2.75, 3.05) is 19.8 Å². The average Bonchev–Trinajstić information content (AvgIpc) is 2.33. The summed E-state index contributed by atoms with van der Waals surface area (Å²) in [5, 5.41) is 2.98. The summed E-state index contributed by atoms with van der Waals surface area (Å²) in [4.78, 5) is 0. The van der Waals surface area contributed by atoms with Gasteiger partial charge in [0.05, 0.1) is 12.6 Å². The van der Waals surface area contributed by atoms with Gasteiger partial charge in [-0.1, -0.05) is 25.1 Å². The minimum Gasteiger partial charge on any atom is -0.370 e. The number of rotatable bonds is 7. The minimum absolute atomic E-state index is 0.222. The topological polar surface area (TPSA) is 21.3 Å². The summed E-state index contributed by atoms with van der Waals surface area (Å²) < 4.78 is 54.3. The van der Waals surface area contributed by atoms with Crippen LogP contribution in [0.1, 0.15) is 24.9 Å². The summed E-state index contributed by atoms with van der Waals surface area (Å²) in [5.74, 6) is -0.452. The van der Waals surface area contributed by atoms with Gasteiger partial charge in [-0.2, -0.15) is 13.2 Å². The lowest BCUT2D eigenvalue weighted by atomic mass is 10.1. The van der Waals surface area contributed by atoms with Crippen LogP contribution in [0.4, 0.5) is 17.6 Å². The molecular weight excluding hydrogens is 262 g/mol. The van der Waals surface area contributed by atoms with Crippen molar-refractivity contribution in [1.29, 1.82) is 0 Å². The molecule has 1 aromatic rings. The normalized spacial score (nSPS) is 13.5. The van der Waals surface area contributed by atoms with Gasteiger partial charge in [0.25, 0.3) is 0 Å². The quantitative estimate of drug-likeness (QED) is 0.772. The molecule has 1 unspecified atom stereocenters. The third kappa shape index (κ3) is 6.02. The zero-order valence-corrected chi connectivity index (χ0v) is 10.6. The molecule has 0 spiro atoms. The summed E-state index contributed by atoms with van der Waals surface area (Å²) in [6.45, 7) is 0.947. The molecular formula is C13H17F4NO. The Labute approximate surface area is 109 Å². The molecule has 6 heteroatoms. The van der Waals surface area contributed by atoms with Crippen molar-refractivity contribution in [3.63, 3.8) is 0 Å². The second-order valence-electron chi connectivity index (χ2n) is 4.16. The first-order valence-corrected chi connectivity index (χ1v) is 6.06. The Bertz CT molecular complexity index is 381. The summed E-state index contributed by atoms with van der Waals surface area (Å²) >= 11 is 0. The minimum atomic E-state index is -4.37. The molecule has 1 atom stereocenters. The van der Waals surface area contributed by atoms with Gasteiger partial charge < -0.3 is 10.1 Å². The zero-order chi connectivity index (χ0) is 14.3. The van der Waals surface area contributed by atoms with Crippen LogP contribution in [0.5, 0.6) is 0 Å². The Balaban J connectivity index is 2.64. The third-order valence-corrected chi connectivity index (χ3v) is 2.47. The monoisotopic (exact) mass is 279 g/mol. The molecule has 0 aliphatic rings. The average molecular weight is 279 g/mol. The Morgan fingerprint density at radius 2 is 1.95 bits per heavy atom. The first-order chi connectivity index (χ1) is 8.94. The van der Waals surface area contributed by atoms with E-state index in [-0.39, 0.29) is 6.61 Å². The molecule has 0 aliphatic carbocycles. The maximum Gasteiger partial charge on any atom is 0.411 e. The predicted molar refractivity (Wildman–Crippen MR) is 64.3 cm³/mol. The molecule has 0 fully saturated rings. The van der Waals surface area contributed by atoms with E-state index < -0.39 is 24.6 Å². The summed E-state index contributed by atoms with van der Waals surface area (Å²) in [6.07, 6.45) is -3.57. The van der Waals surface area contributed by atoms with Crippen LogP contribution in [-0.4, -0.2) is 25.9 Å². The lowest BCUT2D eigenvalue weighted by Crippen LogP contribution is -2.29. The van der Waals surface area contributed by atoms with Crippen LogP contribution in [-0.2, 0) is 4.74 Å². The van der Waals surface area contributed by atoms with Crippen molar-refractivity contribution in [2.24, 2.45) is 0 Å². The van der Waals surface area contributed by atoms with E-state index >= 15 is 0 Å². The van der Waals surface area contributed by atoms with E-state index in [2.05, 4.69) is 10.1 Å². The van der Waals surface area contributed by atoms with Crippen molar-refractivity contribution in [2.45, 2.75) is 25.6 Å². The molecule has 0 heterocycles. The van der Waals surface area contributed by atoms with E-state index in [0.717, 1.165) is 6.42 Å². The van der Waals surface area contributed by atoms with Crippen LogP contribution in [0.2, 0.25) is 0 Å². The molecule has 1 rings (SSSR count). The van der Waals surface area contributed by atoms with Crippen LogP contribution in [0.3, 0.4) is 0 Å². The second-order valence-corrected chi connectivity index (χ2v) is 4.16. The molecule has 0 saturated carbocycles. The number of nitrogens with one attached hydrogen (secondary N) is 1. The van der Waals surface area contributed by atoms with Gasteiger partial charge in [0.2, 0.25) is 0 Å². The number of ether oxygens (including phenoxy) is 1. The maximum absolute atomic E-state index is 13.6. The second kappa shape index (κ2) is 7.45. The molecule has 108 valence electrons. The lowest BCUT2D eigenvalue weighted by Gasteiger charge is -2.20. The van der Waals surface area contributed by atoms with Gasteiger partial charge in [-0.3, -0.25) is 0 Å². The number of benzene rings is 1. The van der Waals surface area contributed by atoms with Gasteiger partial charge in [0.1, 0.15) is 12.4 Å². The van der Waals surface area contributed by atoms with E-state index in [1.165, 1.54) is 12.1 Å². The fourth-order valence-electron chi connectivity index (χ4n) is 1.63. The van der Waals surface area contributed by atoms with E-state index in [4.69, 9.17) is 0 Å². The third-order valence-electron chi connectivity index (χ3n) is 2.47. The van der Waals surface area contributed by atoms with Crippen LogP contribution < -0.4 is 5.32 Å². The largest absolute Gasteiger partial charge is 0.411 e. The molecule has 0 aromatic heterocycles. The van der Waals surface area contributed by atoms with Crippen molar-refractivity contribution in [3.8, 4) is 0 Å². The van der Waals surface area contributed by atoms with Gasteiger partial charge in [0.15, 0.2) is 0 Å². The molecule has 0 amide bonds. The van der Waals surface area contributed by atoms with Crippen molar-refractivity contribution >= 4 is 0 Å². The standard InChI is InChI=1S/C13H17F4NO/c1-2-7-18-12(8-19-9-13(15,16)17)10-5-3-4-6-11(10)14/h3-6,12,18H,2,7-9H2,1H3. The first-order valence-electron chi connectivity index (χ1n) is 6.06. The summed E-state index contributed by atoms with van der Waals surface area (Å²) in [7, 11) is 0. The highest BCUT2D eigenvalue weighted by atomic mass is 19.4. The predicted octanol–water partition coefficient (Wildman–Crippen LogP) is 3.45. The van der Waals surface area contributed by atoms with E-state index in [9.17, 15) is 17.6 Å². The molecule has 19 heavy (non-hydrogen) atoms. The van der Waals surface area contributed by atoms with Gasteiger partial charge >= 0.3 is 6.18 Å². The summed E-state index contributed by atoms with van der Waals surface area (Å²) in [6, 6.07) is 5.41. The van der Waals surface area contributed by atoms with Gasteiger partial charge in [0, 0.05) is 5.56 Å². The van der Waals surface area contributed by atoms with Gasteiger partial charge in [-0.15, -0.1) is 0 Å². The summed E-state index contributed by atoms with van der Waals surface area (Å²) in [5.41, 5.74) is 0.318. The molecule has 0 bridgehead atoms. The first kappa shape index (κ1) is 15.9. The van der Waals surface area contributed by atoms with Crippen LogP contribution in [0, 0.1) is 5.82 Å². The SMILES string of the molecule is CCCNC(COCC(F)(F)F)c1ccccc1F. The molecule has 0 saturated heterocycles. The molecule has 2 nitrogen and oxygen atoms in total. The highest BCUT2D eigenvalue weighted by Gasteiger charge is 2.28. The number of hydrogen-bond donors (Lipinski definition) is 1. The van der Waals surface area contributed by atoms with Crippen molar-refractivity contribution in [3.05, 3.63) is 35.6 Å². The molecule has 1 N–H and O–H groups in total. The van der Waals surface area contributed by atoms with Crippen molar-refractivity contribution < 1.29 is 22.3 Å². The Morgan fingerprint density at radius 1 is 1.26 bits per heavy atom. The van der Waals surface area contributed by atoms with Gasteiger partial charge in [-0.25, -0.2) is 4.39 Å². The zero-order valence-electron chi connectivity index (χ0n) is 10.6. The van der Waals surface area contributed by atoms with Crippen LogP contribution in [0.15, 0.2) is 24.3 Å². The Morgan fingerprint density at radius 3 is 2.53 bits per heavy atom. The molecule has 0 radical (unpaired) electrons. The number of hydrogen-bond acceptors (Lipinski definition) is 2. The molecule has 1 aromatic carbocycles. The number of alkyl halides is 3. The van der Waals surface area contributed by atoms with Crippen LogP contribution in [0.25, 0.3) is 0 Å². The van der Waals surface area contributed by atoms with E-state index in [0.29, 0.717) is 12.1 Å². The molecule has 0 aliphatic heterocycles. The highest BCUT2D eigenvalue weighted by molar-refractivity contribution is 5.21. The Hall–Kier alpha value is -1.14. The fourth-order valence-corrected chi connectivity index (χ4v) is 1.63. The number of halogens is 4. The van der Waals surface area contributed by atoms with Gasteiger partial charge in [-0.05, 0) is 19.0 Å². The van der Waals surface area contributed by atoms with Crippen LogP contribution >= 0.6 is 0 Å². The lowest BCUT2D eigenvalue weighted by molar-refractivity contribution is -0.175. The highest BCUT2D eigenvalue weighted by Crippen LogP contribution is 2.19. The Kier molecular flexibility index (Phi) is 6.24. The fraction of sp³-hybridized carbons (Fsp3) is 0.538. The van der Waals surface area contributed by atoms with Crippen molar-refractivity contribution in [1.82, 2.24) is 5.32 Å².